The van der Waals surface area contributed by atoms with E-state index in [1.807, 2.05) is 10.3 Å². The molecule has 0 saturated carbocycles. The molecule has 0 spiro atoms. The summed E-state index contributed by atoms with van der Waals surface area (Å²) in [6.45, 7) is 11.0. The number of benzene rings is 1. The number of hydrogen-bond acceptors (Lipinski definition) is 4. The highest BCUT2D eigenvalue weighted by Crippen LogP contribution is 2.27. The van der Waals surface area contributed by atoms with Crippen molar-refractivity contribution in [1.29, 1.82) is 0 Å². The molecule has 4 nitrogen and oxygen atoms in total. The first kappa shape index (κ1) is 24.9. The summed E-state index contributed by atoms with van der Waals surface area (Å²) in [6.07, 6.45) is 1.42. The Morgan fingerprint density at radius 1 is 1.25 bits per heavy atom. The molecule has 0 bridgehead atoms. The third kappa shape index (κ3) is 5.93. The molecule has 1 atom stereocenters. The summed E-state index contributed by atoms with van der Waals surface area (Å²) in [7, 11) is 0. The average molecular weight is 444 g/mol. The van der Waals surface area contributed by atoms with Crippen molar-refractivity contribution in [2.45, 2.75) is 52.0 Å². The van der Waals surface area contributed by atoms with Crippen molar-refractivity contribution in [3.8, 4) is 0 Å². The smallest absolute Gasteiger partial charge is 0.229 e. The zero-order valence-corrected chi connectivity index (χ0v) is 19.5. The second kappa shape index (κ2) is 10.6. The van der Waals surface area contributed by atoms with Gasteiger partial charge in [-0.2, -0.15) is 0 Å². The number of nitrogens with one attached hydrogen (secondary N) is 1. The fourth-order valence-corrected chi connectivity index (χ4v) is 4.17. The lowest BCUT2D eigenvalue weighted by molar-refractivity contribution is -0.133. The number of aromatic nitrogens is 1. The van der Waals surface area contributed by atoms with Crippen LogP contribution in [0.25, 0.3) is 0 Å². The average Bonchev–Trinajstić information content (AvgIpc) is 3.11. The number of halogens is 2. The van der Waals surface area contributed by atoms with E-state index in [2.05, 4.69) is 57.3 Å². The van der Waals surface area contributed by atoms with Crippen molar-refractivity contribution >= 4 is 42.1 Å². The minimum atomic E-state index is 0. The standard InChI is InChI=1S/C21H29N3OS.2ClH/c1-5-15-6-8-16(9-7-15)18-13-22-10-11-24(18)19(25)12-17-14-26-20(23-17)21(2,3)4;;/h6-9,14,18,22H,5,10-13H2,1-4H3;2*1H. The third-order valence-electron chi connectivity index (χ3n) is 4.86. The minimum Gasteiger partial charge on any atom is -0.333 e. The van der Waals surface area contributed by atoms with Crippen LogP contribution in [0.5, 0.6) is 0 Å². The number of carbonyl (C=O) groups is 1. The van der Waals surface area contributed by atoms with Gasteiger partial charge in [-0.3, -0.25) is 4.79 Å². The Hall–Kier alpha value is -1.14. The Morgan fingerprint density at radius 3 is 2.50 bits per heavy atom. The molecule has 2 heterocycles. The number of piperazine rings is 1. The highest BCUT2D eigenvalue weighted by atomic mass is 35.5. The fraction of sp³-hybridized carbons (Fsp3) is 0.524. The molecular formula is C21H31Cl2N3OS. The van der Waals surface area contributed by atoms with Gasteiger partial charge in [-0.1, -0.05) is 52.0 Å². The number of aryl methyl sites for hydroxylation is 1. The van der Waals surface area contributed by atoms with Gasteiger partial charge in [-0.05, 0) is 17.5 Å². The first-order valence-electron chi connectivity index (χ1n) is 9.42. The molecule has 3 rings (SSSR count). The Morgan fingerprint density at radius 2 is 1.93 bits per heavy atom. The van der Waals surface area contributed by atoms with Gasteiger partial charge < -0.3 is 10.2 Å². The summed E-state index contributed by atoms with van der Waals surface area (Å²) in [5.41, 5.74) is 3.46. The van der Waals surface area contributed by atoms with Gasteiger partial charge in [0.15, 0.2) is 0 Å². The van der Waals surface area contributed by atoms with Crippen LogP contribution in [0.1, 0.15) is 55.6 Å². The maximum atomic E-state index is 13.0. The number of hydrogen-bond donors (Lipinski definition) is 1. The fourth-order valence-electron chi connectivity index (χ4n) is 3.27. The lowest BCUT2D eigenvalue weighted by atomic mass is 9.98. The predicted octanol–water partition coefficient (Wildman–Crippen LogP) is 4.56. The van der Waals surface area contributed by atoms with Crippen LogP contribution < -0.4 is 5.32 Å². The molecule has 1 N–H and O–H groups in total. The van der Waals surface area contributed by atoms with E-state index < -0.39 is 0 Å². The molecule has 1 fully saturated rings. The summed E-state index contributed by atoms with van der Waals surface area (Å²) >= 11 is 1.65. The zero-order chi connectivity index (χ0) is 18.7. The summed E-state index contributed by atoms with van der Waals surface area (Å²) < 4.78 is 0. The minimum absolute atomic E-state index is 0. The van der Waals surface area contributed by atoms with Crippen LogP contribution >= 0.6 is 36.2 Å². The lowest BCUT2D eigenvalue weighted by Crippen LogP contribution is -2.49. The molecular weight excluding hydrogens is 413 g/mol. The first-order valence-corrected chi connectivity index (χ1v) is 10.3. The van der Waals surface area contributed by atoms with Crippen LogP contribution in [0.2, 0.25) is 0 Å². The highest BCUT2D eigenvalue weighted by Gasteiger charge is 2.28. The van der Waals surface area contributed by atoms with E-state index in [0.717, 1.165) is 36.8 Å². The summed E-state index contributed by atoms with van der Waals surface area (Å²) in [5.74, 6) is 0.168. The van der Waals surface area contributed by atoms with E-state index >= 15 is 0 Å². The zero-order valence-electron chi connectivity index (χ0n) is 17.0. The lowest BCUT2D eigenvalue weighted by Gasteiger charge is -2.36. The van der Waals surface area contributed by atoms with Crippen LogP contribution in [-0.2, 0) is 23.1 Å². The molecule has 156 valence electrons. The van der Waals surface area contributed by atoms with Crippen LogP contribution in [0.4, 0.5) is 0 Å². The number of carbonyl (C=O) groups excluding carboxylic acids is 1. The molecule has 0 aliphatic carbocycles. The van der Waals surface area contributed by atoms with Gasteiger partial charge in [0.1, 0.15) is 0 Å². The van der Waals surface area contributed by atoms with Gasteiger partial charge >= 0.3 is 0 Å². The van der Waals surface area contributed by atoms with E-state index in [1.54, 1.807) is 11.3 Å². The highest BCUT2D eigenvalue weighted by molar-refractivity contribution is 7.09. The van der Waals surface area contributed by atoms with Crippen molar-refractivity contribution < 1.29 is 4.79 Å². The van der Waals surface area contributed by atoms with E-state index in [9.17, 15) is 4.79 Å². The van der Waals surface area contributed by atoms with Crippen molar-refractivity contribution in [1.82, 2.24) is 15.2 Å². The molecule has 1 unspecified atom stereocenters. The second-order valence-electron chi connectivity index (χ2n) is 7.97. The van der Waals surface area contributed by atoms with Crippen molar-refractivity contribution in [2.24, 2.45) is 0 Å². The van der Waals surface area contributed by atoms with Gasteiger partial charge in [0.25, 0.3) is 0 Å². The quantitative estimate of drug-likeness (QED) is 0.752. The number of amides is 1. The third-order valence-corrected chi connectivity index (χ3v) is 6.18. The van der Waals surface area contributed by atoms with Crippen LogP contribution in [0.3, 0.4) is 0 Å². The Labute approximate surface area is 184 Å². The number of rotatable bonds is 4. The summed E-state index contributed by atoms with van der Waals surface area (Å²) in [6, 6.07) is 8.77. The predicted molar refractivity (Wildman–Crippen MR) is 122 cm³/mol. The molecule has 28 heavy (non-hydrogen) atoms. The summed E-state index contributed by atoms with van der Waals surface area (Å²) in [4.78, 5) is 19.7. The maximum Gasteiger partial charge on any atom is 0.229 e. The molecule has 1 saturated heterocycles. The topological polar surface area (TPSA) is 45.2 Å². The second-order valence-corrected chi connectivity index (χ2v) is 8.83. The van der Waals surface area contributed by atoms with Crippen LogP contribution in [0.15, 0.2) is 29.6 Å². The Bertz CT molecular complexity index is 756. The first-order chi connectivity index (χ1) is 12.4. The van der Waals surface area contributed by atoms with Crippen LogP contribution in [-0.4, -0.2) is 35.4 Å². The van der Waals surface area contributed by atoms with Gasteiger partial charge in [0.2, 0.25) is 5.91 Å². The van der Waals surface area contributed by atoms with Gasteiger partial charge in [0.05, 0.1) is 23.2 Å². The monoisotopic (exact) mass is 443 g/mol. The van der Waals surface area contributed by atoms with Crippen molar-refractivity contribution in [2.75, 3.05) is 19.6 Å². The molecule has 7 heteroatoms. The van der Waals surface area contributed by atoms with Gasteiger partial charge in [-0.25, -0.2) is 4.98 Å². The molecule has 2 aromatic rings. The van der Waals surface area contributed by atoms with Gasteiger partial charge in [-0.15, -0.1) is 36.2 Å². The molecule has 0 radical (unpaired) electrons. The molecule has 1 aliphatic rings. The normalized spacial score (nSPS) is 16.9. The Kier molecular flexibility index (Phi) is 9.41. The van der Waals surface area contributed by atoms with Crippen LogP contribution in [0, 0.1) is 0 Å². The SMILES string of the molecule is CCc1ccc(C2CNCCN2C(=O)Cc2csc(C(C)(C)C)n2)cc1.Cl.Cl. The van der Waals surface area contributed by atoms with E-state index in [-0.39, 0.29) is 42.2 Å². The molecule has 1 aliphatic heterocycles. The van der Waals surface area contributed by atoms with Crippen molar-refractivity contribution in [3.05, 3.63) is 51.5 Å². The van der Waals surface area contributed by atoms with E-state index in [0.29, 0.717) is 6.42 Å². The molecule has 1 aromatic carbocycles. The van der Waals surface area contributed by atoms with Gasteiger partial charge in [0, 0.05) is 30.4 Å². The largest absolute Gasteiger partial charge is 0.333 e. The number of nitrogens with zero attached hydrogens (tertiary/aromatic N) is 2. The summed E-state index contributed by atoms with van der Waals surface area (Å²) in [5, 5.41) is 6.55. The number of thiazole rings is 1. The molecule has 1 aromatic heterocycles. The van der Waals surface area contributed by atoms with E-state index in [1.165, 1.54) is 11.1 Å². The van der Waals surface area contributed by atoms with Crippen molar-refractivity contribution in [3.63, 3.8) is 0 Å². The van der Waals surface area contributed by atoms with E-state index in [4.69, 9.17) is 4.98 Å². The maximum absolute atomic E-state index is 13.0. The Balaban J connectivity index is 0.00000196. The molecule has 1 amide bonds.